The Hall–Kier alpha value is -2.02. The monoisotopic (exact) mass is 382 g/mol. The zero-order chi connectivity index (χ0) is 16.8. The van der Waals surface area contributed by atoms with Crippen molar-refractivity contribution < 1.29 is 19.4 Å². The molecule has 1 aromatic carbocycles. The predicted octanol–water partition coefficient (Wildman–Crippen LogP) is 3.34. The van der Waals surface area contributed by atoms with Crippen LogP contribution in [-0.4, -0.2) is 41.7 Å². The summed E-state index contributed by atoms with van der Waals surface area (Å²) in [5, 5.41) is 11.9. The highest BCUT2D eigenvalue weighted by Gasteiger charge is 2.28. The number of piperidine rings is 1. The number of carbonyl (C=O) groups is 2. The first-order valence-electron chi connectivity index (χ1n) is 7.33. The van der Waals surface area contributed by atoms with Crippen molar-refractivity contribution >= 4 is 33.6 Å². The maximum Gasteiger partial charge on any atom is 0.321 e. The van der Waals surface area contributed by atoms with Crippen LogP contribution in [0.1, 0.15) is 12.8 Å². The largest absolute Gasteiger partial charge is 0.487 e. The number of likely N-dealkylation sites (tertiary alicyclic amines) is 1. The molecule has 1 saturated heterocycles. The Bertz CT molecular complexity index is 606. The van der Waals surface area contributed by atoms with Crippen molar-refractivity contribution in [3.63, 3.8) is 0 Å². The van der Waals surface area contributed by atoms with Crippen LogP contribution in [0.3, 0.4) is 0 Å². The third kappa shape index (κ3) is 4.72. The Morgan fingerprint density at radius 3 is 3.00 bits per heavy atom. The van der Waals surface area contributed by atoms with Crippen molar-refractivity contribution in [2.75, 3.05) is 25.0 Å². The van der Waals surface area contributed by atoms with E-state index in [0.717, 1.165) is 4.47 Å². The molecule has 1 atom stereocenters. The fraction of sp³-hybridized carbons (Fsp3) is 0.375. The minimum Gasteiger partial charge on any atom is -0.487 e. The summed E-state index contributed by atoms with van der Waals surface area (Å²) in [6, 6.07) is 4.99. The van der Waals surface area contributed by atoms with E-state index in [1.807, 2.05) is 6.07 Å². The molecule has 23 heavy (non-hydrogen) atoms. The fourth-order valence-corrected chi connectivity index (χ4v) is 2.79. The van der Waals surface area contributed by atoms with Gasteiger partial charge in [-0.3, -0.25) is 4.79 Å². The number of benzene rings is 1. The Balaban J connectivity index is 2.08. The number of ether oxygens (including phenoxy) is 1. The Labute approximate surface area is 143 Å². The summed E-state index contributed by atoms with van der Waals surface area (Å²) in [6.45, 7) is 4.69. The van der Waals surface area contributed by atoms with Gasteiger partial charge in [0.05, 0.1) is 11.6 Å². The molecule has 1 fully saturated rings. The number of hydrogen-bond donors (Lipinski definition) is 2. The minimum atomic E-state index is -0.861. The van der Waals surface area contributed by atoms with Crippen molar-refractivity contribution in [2.24, 2.45) is 5.92 Å². The number of carbonyl (C=O) groups excluding carboxylic acids is 1. The van der Waals surface area contributed by atoms with Crippen LogP contribution in [0, 0.1) is 5.92 Å². The molecule has 2 rings (SSSR count). The molecular weight excluding hydrogens is 364 g/mol. The number of amides is 2. The van der Waals surface area contributed by atoms with E-state index in [0.29, 0.717) is 37.4 Å². The summed E-state index contributed by atoms with van der Waals surface area (Å²) >= 11 is 3.36. The van der Waals surface area contributed by atoms with E-state index in [2.05, 4.69) is 27.8 Å². The Kier molecular flexibility index (Phi) is 6.04. The quantitative estimate of drug-likeness (QED) is 0.765. The molecule has 7 heteroatoms. The first-order chi connectivity index (χ1) is 11.0. The maximum atomic E-state index is 12.4. The van der Waals surface area contributed by atoms with Crippen LogP contribution in [0.5, 0.6) is 5.75 Å². The molecule has 2 amide bonds. The topological polar surface area (TPSA) is 78.9 Å². The number of halogens is 1. The second kappa shape index (κ2) is 8.01. The molecule has 6 nitrogen and oxygen atoms in total. The molecule has 0 saturated carbocycles. The van der Waals surface area contributed by atoms with Gasteiger partial charge < -0.3 is 20.1 Å². The number of rotatable bonds is 5. The fourth-order valence-electron chi connectivity index (χ4n) is 2.43. The smallest absolute Gasteiger partial charge is 0.321 e. The average molecular weight is 383 g/mol. The number of urea groups is 1. The van der Waals surface area contributed by atoms with Crippen LogP contribution in [0.4, 0.5) is 10.5 Å². The van der Waals surface area contributed by atoms with Crippen LogP contribution in [0.15, 0.2) is 35.3 Å². The van der Waals surface area contributed by atoms with E-state index in [4.69, 9.17) is 9.84 Å². The van der Waals surface area contributed by atoms with E-state index < -0.39 is 11.9 Å². The summed E-state index contributed by atoms with van der Waals surface area (Å²) in [4.78, 5) is 25.0. The molecule has 0 radical (unpaired) electrons. The van der Waals surface area contributed by atoms with Crippen LogP contribution in [0.25, 0.3) is 0 Å². The SMILES string of the molecule is C=CCOc1ccc(Br)cc1NC(=O)N1CCCC(C(=O)O)C1. The van der Waals surface area contributed by atoms with Crippen LogP contribution in [-0.2, 0) is 4.79 Å². The molecule has 0 bridgehead atoms. The number of nitrogens with zero attached hydrogens (tertiary/aromatic N) is 1. The zero-order valence-electron chi connectivity index (χ0n) is 12.6. The van der Waals surface area contributed by atoms with Crippen LogP contribution < -0.4 is 10.1 Å². The predicted molar refractivity (Wildman–Crippen MR) is 90.8 cm³/mol. The van der Waals surface area contributed by atoms with E-state index in [1.54, 1.807) is 18.2 Å². The molecule has 124 valence electrons. The second-order valence-corrected chi connectivity index (χ2v) is 6.21. The zero-order valence-corrected chi connectivity index (χ0v) is 14.2. The van der Waals surface area contributed by atoms with E-state index in [9.17, 15) is 9.59 Å². The second-order valence-electron chi connectivity index (χ2n) is 5.29. The van der Waals surface area contributed by atoms with Gasteiger partial charge in [0.25, 0.3) is 0 Å². The third-order valence-corrected chi connectivity index (χ3v) is 4.09. The summed E-state index contributed by atoms with van der Waals surface area (Å²) < 4.78 is 6.33. The number of carboxylic acids is 1. The lowest BCUT2D eigenvalue weighted by Gasteiger charge is -2.30. The number of hydrogen-bond acceptors (Lipinski definition) is 3. The van der Waals surface area contributed by atoms with Gasteiger partial charge in [-0.1, -0.05) is 28.6 Å². The number of carboxylic acid groups (broad SMARTS) is 1. The Morgan fingerprint density at radius 2 is 2.30 bits per heavy atom. The molecule has 1 aliphatic rings. The van der Waals surface area contributed by atoms with Gasteiger partial charge in [0.1, 0.15) is 12.4 Å². The summed E-state index contributed by atoms with van der Waals surface area (Å²) in [5.74, 6) is -0.832. The van der Waals surface area contributed by atoms with Gasteiger partial charge in [-0.15, -0.1) is 0 Å². The lowest BCUT2D eigenvalue weighted by molar-refractivity contribution is -0.143. The first-order valence-corrected chi connectivity index (χ1v) is 8.12. The molecular formula is C16H19BrN2O4. The van der Waals surface area contributed by atoms with Crippen molar-refractivity contribution in [3.8, 4) is 5.75 Å². The third-order valence-electron chi connectivity index (χ3n) is 3.60. The van der Waals surface area contributed by atoms with Crippen molar-refractivity contribution in [2.45, 2.75) is 12.8 Å². The number of aliphatic carboxylic acids is 1. The van der Waals surface area contributed by atoms with Crippen LogP contribution >= 0.6 is 15.9 Å². The molecule has 2 N–H and O–H groups in total. The summed E-state index contributed by atoms with van der Waals surface area (Å²) in [6.07, 6.45) is 2.90. The summed E-state index contributed by atoms with van der Waals surface area (Å²) in [7, 11) is 0. The molecule has 1 heterocycles. The molecule has 0 aliphatic carbocycles. The van der Waals surface area contributed by atoms with Gasteiger partial charge in [-0.05, 0) is 31.0 Å². The van der Waals surface area contributed by atoms with Crippen LogP contribution in [0.2, 0.25) is 0 Å². The van der Waals surface area contributed by atoms with Gasteiger partial charge in [-0.25, -0.2) is 4.79 Å². The van der Waals surface area contributed by atoms with Gasteiger partial charge >= 0.3 is 12.0 Å². The van der Waals surface area contributed by atoms with E-state index in [-0.39, 0.29) is 12.6 Å². The lowest BCUT2D eigenvalue weighted by atomic mass is 9.99. The van der Waals surface area contributed by atoms with Gasteiger partial charge in [0.2, 0.25) is 0 Å². The highest BCUT2D eigenvalue weighted by Crippen LogP contribution is 2.29. The van der Waals surface area contributed by atoms with Gasteiger partial charge in [0.15, 0.2) is 0 Å². The average Bonchev–Trinajstić information content (AvgIpc) is 2.54. The molecule has 1 aliphatic heterocycles. The highest BCUT2D eigenvalue weighted by atomic mass is 79.9. The number of nitrogens with one attached hydrogen (secondary N) is 1. The lowest BCUT2D eigenvalue weighted by Crippen LogP contribution is -2.44. The maximum absolute atomic E-state index is 12.4. The van der Waals surface area contributed by atoms with E-state index >= 15 is 0 Å². The van der Waals surface area contributed by atoms with Gasteiger partial charge in [-0.2, -0.15) is 0 Å². The highest BCUT2D eigenvalue weighted by molar-refractivity contribution is 9.10. The first kappa shape index (κ1) is 17.3. The molecule has 0 aromatic heterocycles. The van der Waals surface area contributed by atoms with E-state index in [1.165, 1.54) is 4.90 Å². The van der Waals surface area contributed by atoms with Crippen molar-refractivity contribution in [1.29, 1.82) is 0 Å². The van der Waals surface area contributed by atoms with Crippen molar-refractivity contribution in [3.05, 3.63) is 35.3 Å². The molecule has 1 aromatic rings. The Morgan fingerprint density at radius 1 is 1.52 bits per heavy atom. The minimum absolute atomic E-state index is 0.220. The molecule has 0 spiro atoms. The number of anilines is 1. The normalized spacial score (nSPS) is 17.4. The van der Waals surface area contributed by atoms with Crippen molar-refractivity contribution in [1.82, 2.24) is 4.90 Å². The molecule has 1 unspecified atom stereocenters. The van der Waals surface area contributed by atoms with Gasteiger partial charge in [0, 0.05) is 17.6 Å². The standard InChI is InChI=1S/C16H19BrN2O4/c1-2-8-23-14-6-5-12(17)9-13(14)18-16(22)19-7-3-4-11(10-19)15(20)21/h2,5-6,9,11H,1,3-4,7-8,10H2,(H,18,22)(H,20,21). The summed E-state index contributed by atoms with van der Waals surface area (Å²) in [5.41, 5.74) is 0.531.